The van der Waals surface area contributed by atoms with Gasteiger partial charge in [-0.2, -0.15) is 0 Å². The van der Waals surface area contributed by atoms with Crippen LogP contribution < -0.4 is 0 Å². The molecule has 6 heteroatoms. The standard InChI is InChI=1S/C20H19ClN2O3/c1-26-17(24)11-12-23(13-14-7-3-2-4-8-14)20(25)19-18(21)15-9-5-6-10-16(15)22-19/h2-10,22H,11-13H2,1H3. The Labute approximate surface area is 156 Å². The molecule has 0 bridgehead atoms. The number of carbonyl (C=O) groups is 2. The lowest BCUT2D eigenvalue weighted by molar-refractivity contribution is -0.140. The number of methoxy groups -OCH3 is 1. The minimum absolute atomic E-state index is 0.118. The van der Waals surface area contributed by atoms with Gasteiger partial charge in [0, 0.05) is 24.0 Å². The van der Waals surface area contributed by atoms with Crippen molar-refractivity contribution in [2.75, 3.05) is 13.7 Å². The van der Waals surface area contributed by atoms with Crippen LogP contribution in [0.15, 0.2) is 54.6 Å². The average Bonchev–Trinajstić information content (AvgIpc) is 3.02. The summed E-state index contributed by atoms with van der Waals surface area (Å²) in [7, 11) is 1.33. The molecular weight excluding hydrogens is 352 g/mol. The maximum atomic E-state index is 13.1. The van der Waals surface area contributed by atoms with Crippen molar-refractivity contribution in [1.82, 2.24) is 9.88 Å². The zero-order valence-electron chi connectivity index (χ0n) is 14.4. The van der Waals surface area contributed by atoms with E-state index in [0.29, 0.717) is 17.3 Å². The van der Waals surface area contributed by atoms with Gasteiger partial charge >= 0.3 is 5.97 Å². The highest BCUT2D eigenvalue weighted by atomic mass is 35.5. The zero-order valence-corrected chi connectivity index (χ0v) is 15.1. The van der Waals surface area contributed by atoms with Crippen molar-refractivity contribution in [3.63, 3.8) is 0 Å². The molecule has 0 saturated carbocycles. The molecule has 134 valence electrons. The van der Waals surface area contributed by atoms with E-state index in [1.165, 1.54) is 7.11 Å². The molecule has 0 saturated heterocycles. The van der Waals surface area contributed by atoms with E-state index in [2.05, 4.69) is 4.98 Å². The number of rotatable bonds is 6. The van der Waals surface area contributed by atoms with Crippen molar-refractivity contribution in [2.24, 2.45) is 0 Å². The van der Waals surface area contributed by atoms with Gasteiger partial charge in [-0.15, -0.1) is 0 Å². The van der Waals surface area contributed by atoms with Gasteiger partial charge in [-0.05, 0) is 11.6 Å². The van der Waals surface area contributed by atoms with Gasteiger partial charge < -0.3 is 14.6 Å². The number of hydrogen-bond acceptors (Lipinski definition) is 3. The molecule has 3 rings (SSSR count). The van der Waals surface area contributed by atoms with Crippen LogP contribution >= 0.6 is 11.6 Å². The molecule has 1 aromatic heterocycles. The second kappa shape index (κ2) is 8.06. The molecule has 1 N–H and O–H groups in total. The summed E-state index contributed by atoms with van der Waals surface area (Å²) in [6.07, 6.45) is 0.118. The predicted octanol–water partition coefficient (Wildman–Crippen LogP) is 4.03. The van der Waals surface area contributed by atoms with E-state index in [4.69, 9.17) is 16.3 Å². The zero-order chi connectivity index (χ0) is 18.5. The summed E-state index contributed by atoms with van der Waals surface area (Å²) >= 11 is 6.42. The maximum absolute atomic E-state index is 13.1. The Morgan fingerprint density at radius 3 is 2.46 bits per heavy atom. The minimum atomic E-state index is -0.362. The number of para-hydroxylation sites is 1. The summed E-state index contributed by atoms with van der Waals surface area (Å²) in [5.74, 6) is -0.613. The highest BCUT2D eigenvalue weighted by Gasteiger charge is 2.23. The van der Waals surface area contributed by atoms with Crippen molar-refractivity contribution >= 4 is 34.4 Å². The number of hydrogen-bond donors (Lipinski definition) is 1. The minimum Gasteiger partial charge on any atom is -0.469 e. The molecule has 0 aliphatic carbocycles. The lowest BCUT2D eigenvalue weighted by atomic mass is 10.2. The third kappa shape index (κ3) is 3.89. The fourth-order valence-corrected chi connectivity index (χ4v) is 3.09. The van der Waals surface area contributed by atoms with Gasteiger partial charge in [-0.3, -0.25) is 9.59 Å². The first-order valence-electron chi connectivity index (χ1n) is 8.26. The molecule has 1 amide bonds. The van der Waals surface area contributed by atoms with Gasteiger partial charge in [0.2, 0.25) is 0 Å². The van der Waals surface area contributed by atoms with Crippen molar-refractivity contribution < 1.29 is 14.3 Å². The molecule has 0 radical (unpaired) electrons. The first-order chi connectivity index (χ1) is 12.6. The van der Waals surface area contributed by atoms with Crippen LogP contribution in [-0.4, -0.2) is 35.4 Å². The lowest BCUT2D eigenvalue weighted by Crippen LogP contribution is -2.33. The molecule has 0 atom stereocenters. The van der Waals surface area contributed by atoms with Crippen LogP contribution in [-0.2, 0) is 16.1 Å². The van der Waals surface area contributed by atoms with Gasteiger partial charge in [-0.25, -0.2) is 0 Å². The Morgan fingerprint density at radius 1 is 1.08 bits per heavy atom. The number of fused-ring (bicyclic) bond motifs is 1. The molecule has 0 aliphatic rings. The van der Waals surface area contributed by atoms with Crippen LogP contribution in [0.4, 0.5) is 0 Å². The average molecular weight is 371 g/mol. The molecule has 0 spiro atoms. The van der Waals surface area contributed by atoms with E-state index >= 15 is 0 Å². The predicted molar refractivity (Wildman–Crippen MR) is 101 cm³/mol. The Balaban J connectivity index is 1.89. The van der Waals surface area contributed by atoms with Crippen LogP contribution in [0.3, 0.4) is 0 Å². The van der Waals surface area contributed by atoms with Crippen LogP contribution in [0.2, 0.25) is 5.02 Å². The topological polar surface area (TPSA) is 62.4 Å². The number of H-pyrrole nitrogens is 1. The summed E-state index contributed by atoms with van der Waals surface area (Å²) < 4.78 is 4.70. The Morgan fingerprint density at radius 2 is 1.77 bits per heavy atom. The molecule has 3 aromatic rings. The van der Waals surface area contributed by atoms with E-state index in [1.807, 2.05) is 54.6 Å². The van der Waals surface area contributed by atoms with Gasteiger partial charge in [-0.1, -0.05) is 60.1 Å². The SMILES string of the molecule is COC(=O)CCN(Cc1ccccc1)C(=O)c1[nH]c2ccccc2c1Cl. The second-order valence-corrected chi connectivity index (χ2v) is 6.28. The summed E-state index contributed by atoms with van der Waals surface area (Å²) in [5, 5.41) is 1.19. The van der Waals surface area contributed by atoms with Crippen LogP contribution in [0.25, 0.3) is 10.9 Å². The molecule has 5 nitrogen and oxygen atoms in total. The first kappa shape index (κ1) is 18.0. The van der Waals surface area contributed by atoms with Crippen LogP contribution in [0.5, 0.6) is 0 Å². The Bertz CT molecular complexity index is 921. The molecule has 26 heavy (non-hydrogen) atoms. The number of amides is 1. The highest BCUT2D eigenvalue weighted by molar-refractivity contribution is 6.38. The van der Waals surface area contributed by atoms with Gasteiger partial charge in [0.1, 0.15) is 5.69 Å². The summed E-state index contributed by atoms with van der Waals surface area (Å²) in [6.45, 7) is 0.620. The molecule has 0 aliphatic heterocycles. The third-order valence-electron chi connectivity index (χ3n) is 4.17. The van der Waals surface area contributed by atoms with Crippen LogP contribution in [0.1, 0.15) is 22.5 Å². The molecule has 0 unspecified atom stereocenters. The van der Waals surface area contributed by atoms with Crippen LogP contribution in [0, 0.1) is 0 Å². The lowest BCUT2D eigenvalue weighted by Gasteiger charge is -2.22. The number of aromatic nitrogens is 1. The van der Waals surface area contributed by atoms with Crippen molar-refractivity contribution in [3.8, 4) is 0 Å². The van der Waals surface area contributed by atoms with Crippen molar-refractivity contribution in [1.29, 1.82) is 0 Å². The van der Waals surface area contributed by atoms with E-state index < -0.39 is 0 Å². The number of ether oxygens (including phenoxy) is 1. The summed E-state index contributed by atoms with van der Waals surface area (Å²) in [6, 6.07) is 17.1. The number of esters is 1. The highest BCUT2D eigenvalue weighted by Crippen LogP contribution is 2.28. The van der Waals surface area contributed by atoms with E-state index in [0.717, 1.165) is 16.5 Å². The monoisotopic (exact) mass is 370 g/mol. The summed E-state index contributed by atoms with van der Waals surface area (Å²) in [4.78, 5) is 29.3. The quantitative estimate of drug-likeness (QED) is 0.666. The van der Waals surface area contributed by atoms with Gasteiger partial charge in [0.05, 0.1) is 18.6 Å². The first-order valence-corrected chi connectivity index (χ1v) is 8.64. The van der Waals surface area contributed by atoms with E-state index in [-0.39, 0.29) is 24.8 Å². The molecule has 0 fully saturated rings. The second-order valence-electron chi connectivity index (χ2n) is 5.90. The smallest absolute Gasteiger partial charge is 0.307 e. The number of carbonyl (C=O) groups excluding carboxylic acids is 2. The molecule has 2 aromatic carbocycles. The largest absolute Gasteiger partial charge is 0.469 e. The maximum Gasteiger partial charge on any atom is 0.307 e. The fraction of sp³-hybridized carbons (Fsp3) is 0.200. The number of benzene rings is 2. The fourth-order valence-electron chi connectivity index (χ4n) is 2.80. The van der Waals surface area contributed by atoms with Crippen molar-refractivity contribution in [3.05, 3.63) is 70.9 Å². The van der Waals surface area contributed by atoms with E-state index in [1.54, 1.807) is 4.90 Å². The Kier molecular flexibility index (Phi) is 5.58. The van der Waals surface area contributed by atoms with E-state index in [9.17, 15) is 9.59 Å². The Hall–Kier alpha value is -2.79. The summed E-state index contributed by atoms with van der Waals surface area (Å²) in [5.41, 5.74) is 2.10. The number of nitrogens with zero attached hydrogens (tertiary/aromatic N) is 1. The number of halogens is 1. The van der Waals surface area contributed by atoms with Gasteiger partial charge in [0.25, 0.3) is 5.91 Å². The van der Waals surface area contributed by atoms with Gasteiger partial charge in [0.15, 0.2) is 0 Å². The molecular formula is C20H19ClN2O3. The number of aromatic amines is 1. The normalized spacial score (nSPS) is 10.7. The third-order valence-corrected chi connectivity index (χ3v) is 4.57. The molecule has 1 heterocycles. The van der Waals surface area contributed by atoms with Crippen molar-refractivity contribution in [2.45, 2.75) is 13.0 Å². The number of nitrogens with one attached hydrogen (secondary N) is 1.